The van der Waals surface area contributed by atoms with Gasteiger partial charge in [-0.15, -0.1) is 0 Å². The van der Waals surface area contributed by atoms with Gasteiger partial charge >= 0.3 is 18.0 Å². The lowest BCUT2D eigenvalue weighted by Gasteiger charge is -2.36. The maximum atomic E-state index is 12.2. The average molecular weight is 316 g/mol. The Morgan fingerprint density at radius 3 is 2.95 bits per heavy atom. The predicted molar refractivity (Wildman–Crippen MR) is 78.4 cm³/mol. The molecular weight excluding hydrogens is 296 g/mol. The third-order valence-electron chi connectivity index (χ3n) is 3.73. The fourth-order valence-electron chi connectivity index (χ4n) is 2.52. The van der Waals surface area contributed by atoms with Crippen molar-refractivity contribution >= 4 is 29.8 Å². The van der Waals surface area contributed by atoms with Crippen LogP contribution in [0, 0.1) is 0 Å². The number of fused-ring (bicyclic) bond motifs is 1. The first-order valence-electron chi connectivity index (χ1n) is 6.84. The summed E-state index contributed by atoms with van der Waals surface area (Å²) in [6, 6.07) is -1.36. The van der Waals surface area contributed by atoms with E-state index < -0.39 is 12.0 Å². The van der Waals surface area contributed by atoms with Crippen LogP contribution in [-0.2, 0) is 4.79 Å². The van der Waals surface area contributed by atoms with Crippen molar-refractivity contribution in [1.29, 1.82) is 0 Å². The van der Waals surface area contributed by atoms with Gasteiger partial charge in [-0.2, -0.15) is 11.8 Å². The molecule has 0 bridgehead atoms. The Morgan fingerprint density at radius 2 is 2.29 bits per heavy atom. The zero-order valence-electron chi connectivity index (χ0n) is 11.9. The molecule has 9 heteroatoms. The number of thioether (sulfide) groups is 1. The molecule has 0 spiro atoms. The molecule has 0 saturated carbocycles. The van der Waals surface area contributed by atoms with E-state index in [2.05, 4.69) is 10.6 Å². The van der Waals surface area contributed by atoms with Crippen LogP contribution < -0.4 is 10.6 Å². The third kappa shape index (κ3) is 3.72. The van der Waals surface area contributed by atoms with E-state index >= 15 is 0 Å². The number of amides is 4. The Labute approximate surface area is 127 Å². The van der Waals surface area contributed by atoms with Gasteiger partial charge in [0.05, 0.1) is 6.04 Å². The van der Waals surface area contributed by atoms with Gasteiger partial charge < -0.3 is 25.5 Å². The molecule has 2 unspecified atom stereocenters. The zero-order valence-corrected chi connectivity index (χ0v) is 12.7. The van der Waals surface area contributed by atoms with Crippen molar-refractivity contribution in [3.8, 4) is 0 Å². The molecule has 0 radical (unpaired) electrons. The topological polar surface area (TPSA) is 102 Å². The molecule has 2 rings (SSSR count). The molecule has 2 saturated heterocycles. The number of nitrogens with zero attached hydrogens (tertiary/aromatic N) is 2. The van der Waals surface area contributed by atoms with Crippen molar-refractivity contribution in [2.75, 3.05) is 38.2 Å². The number of rotatable bonds is 5. The quantitative estimate of drug-likeness (QED) is 0.641. The van der Waals surface area contributed by atoms with Crippen molar-refractivity contribution in [3.63, 3.8) is 0 Å². The van der Waals surface area contributed by atoms with Crippen LogP contribution in [0.25, 0.3) is 0 Å². The molecule has 0 aromatic rings. The number of hydrogen-bond acceptors (Lipinski definition) is 4. The van der Waals surface area contributed by atoms with Crippen molar-refractivity contribution < 1.29 is 19.5 Å². The average Bonchev–Trinajstić information content (AvgIpc) is 2.84. The fraction of sp³-hybridized carbons (Fsp3) is 0.750. The van der Waals surface area contributed by atoms with Crippen molar-refractivity contribution in [2.45, 2.75) is 18.5 Å². The molecule has 3 N–H and O–H groups in total. The second-order valence-electron chi connectivity index (χ2n) is 5.10. The van der Waals surface area contributed by atoms with Gasteiger partial charge in [0, 0.05) is 26.2 Å². The number of piperazine rings is 1. The minimum atomic E-state index is -1.02. The highest BCUT2D eigenvalue weighted by Crippen LogP contribution is 2.14. The van der Waals surface area contributed by atoms with Gasteiger partial charge in [-0.25, -0.2) is 14.4 Å². The highest BCUT2D eigenvalue weighted by molar-refractivity contribution is 7.98. The minimum absolute atomic E-state index is 0.0218. The molecule has 2 fully saturated rings. The summed E-state index contributed by atoms with van der Waals surface area (Å²) < 4.78 is 0. The van der Waals surface area contributed by atoms with E-state index in [-0.39, 0.29) is 18.1 Å². The molecule has 2 aliphatic rings. The number of carbonyl (C=O) groups excluding carboxylic acids is 2. The molecule has 0 aliphatic carbocycles. The molecule has 2 aliphatic heterocycles. The first kappa shape index (κ1) is 15.7. The van der Waals surface area contributed by atoms with E-state index in [9.17, 15) is 14.4 Å². The molecule has 4 amide bonds. The van der Waals surface area contributed by atoms with Gasteiger partial charge in [0.1, 0.15) is 6.04 Å². The summed E-state index contributed by atoms with van der Waals surface area (Å²) in [5.41, 5.74) is 0. The molecule has 8 nitrogen and oxygen atoms in total. The number of aliphatic carboxylic acids is 1. The summed E-state index contributed by atoms with van der Waals surface area (Å²) in [5, 5.41) is 14.4. The van der Waals surface area contributed by atoms with Gasteiger partial charge in [-0.1, -0.05) is 0 Å². The summed E-state index contributed by atoms with van der Waals surface area (Å²) in [7, 11) is 0. The summed E-state index contributed by atoms with van der Waals surface area (Å²) >= 11 is 1.54. The van der Waals surface area contributed by atoms with Crippen LogP contribution in [0.1, 0.15) is 6.42 Å². The Balaban J connectivity index is 1.88. The standard InChI is InChI=1S/C12H20N4O4S/c1-21-5-2-9(10(17)18)14-12(20)15-3-4-16-8(7-15)6-13-11(16)19/h8-9H,2-7H2,1H3,(H,13,19)(H,14,20)(H,17,18). The Hall–Kier alpha value is -1.64. The number of carboxylic acids is 1. The Bertz CT molecular complexity index is 433. The molecule has 2 atom stereocenters. The number of carboxylic acid groups (broad SMARTS) is 1. The number of nitrogens with one attached hydrogen (secondary N) is 2. The van der Waals surface area contributed by atoms with Gasteiger partial charge in [0.25, 0.3) is 0 Å². The van der Waals surface area contributed by atoms with Crippen LogP contribution in [0.2, 0.25) is 0 Å². The lowest BCUT2D eigenvalue weighted by molar-refractivity contribution is -0.139. The maximum absolute atomic E-state index is 12.2. The second kappa shape index (κ2) is 6.88. The van der Waals surface area contributed by atoms with Gasteiger partial charge in [0.2, 0.25) is 0 Å². The van der Waals surface area contributed by atoms with E-state index in [1.807, 2.05) is 6.26 Å². The van der Waals surface area contributed by atoms with Crippen LogP contribution in [-0.4, -0.2) is 83.2 Å². The molecule has 0 aromatic heterocycles. The van der Waals surface area contributed by atoms with Crippen molar-refractivity contribution in [3.05, 3.63) is 0 Å². The second-order valence-corrected chi connectivity index (χ2v) is 6.09. The molecular formula is C12H20N4O4S. The minimum Gasteiger partial charge on any atom is -0.480 e. The van der Waals surface area contributed by atoms with Crippen molar-refractivity contribution in [1.82, 2.24) is 20.4 Å². The van der Waals surface area contributed by atoms with E-state index in [0.717, 1.165) is 0 Å². The van der Waals surface area contributed by atoms with Crippen molar-refractivity contribution in [2.24, 2.45) is 0 Å². The van der Waals surface area contributed by atoms with E-state index in [4.69, 9.17) is 5.11 Å². The molecule has 0 aromatic carbocycles. The maximum Gasteiger partial charge on any atom is 0.326 e. The van der Waals surface area contributed by atoms with Crippen LogP contribution >= 0.6 is 11.8 Å². The van der Waals surface area contributed by atoms with Gasteiger partial charge in [0.15, 0.2) is 0 Å². The SMILES string of the molecule is CSCCC(NC(=O)N1CCN2C(=O)NCC2C1)C(=O)O. The lowest BCUT2D eigenvalue weighted by Crippen LogP contribution is -2.57. The number of carbonyl (C=O) groups is 3. The lowest BCUT2D eigenvalue weighted by atomic mass is 10.2. The van der Waals surface area contributed by atoms with Crippen LogP contribution in [0.3, 0.4) is 0 Å². The van der Waals surface area contributed by atoms with Crippen LogP contribution in [0.4, 0.5) is 9.59 Å². The monoisotopic (exact) mass is 316 g/mol. The smallest absolute Gasteiger partial charge is 0.326 e. The number of urea groups is 2. The summed E-state index contributed by atoms with van der Waals surface area (Å²) in [6.07, 6.45) is 2.29. The van der Waals surface area contributed by atoms with E-state index in [1.54, 1.807) is 21.6 Å². The van der Waals surface area contributed by atoms with Crippen LogP contribution in [0.5, 0.6) is 0 Å². The first-order chi connectivity index (χ1) is 10.0. The largest absolute Gasteiger partial charge is 0.480 e. The molecule has 118 valence electrons. The van der Waals surface area contributed by atoms with E-state index in [1.165, 1.54) is 0 Å². The summed E-state index contributed by atoms with van der Waals surface area (Å²) in [4.78, 5) is 38.1. The molecule has 21 heavy (non-hydrogen) atoms. The normalized spacial score (nSPS) is 22.5. The highest BCUT2D eigenvalue weighted by atomic mass is 32.2. The van der Waals surface area contributed by atoms with Gasteiger partial charge in [-0.05, 0) is 18.4 Å². The van der Waals surface area contributed by atoms with Gasteiger partial charge in [-0.3, -0.25) is 0 Å². The van der Waals surface area contributed by atoms with Crippen LogP contribution in [0.15, 0.2) is 0 Å². The summed E-state index contributed by atoms with van der Waals surface area (Å²) in [5.74, 6) is -0.347. The zero-order chi connectivity index (χ0) is 15.4. The summed E-state index contributed by atoms with van der Waals surface area (Å²) in [6.45, 7) is 1.86. The highest BCUT2D eigenvalue weighted by Gasteiger charge is 2.37. The Kier molecular flexibility index (Phi) is 5.16. The fourth-order valence-corrected chi connectivity index (χ4v) is 2.99. The predicted octanol–water partition coefficient (Wildman–Crippen LogP) is -0.388. The number of hydrogen-bond donors (Lipinski definition) is 3. The van der Waals surface area contributed by atoms with E-state index in [0.29, 0.717) is 38.4 Å². The Morgan fingerprint density at radius 1 is 1.52 bits per heavy atom. The molecule has 2 heterocycles. The first-order valence-corrected chi connectivity index (χ1v) is 8.24. The third-order valence-corrected chi connectivity index (χ3v) is 4.37.